The van der Waals surface area contributed by atoms with E-state index in [9.17, 15) is 10.1 Å². The zero-order valence-corrected chi connectivity index (χ0v) is 15.1. The zero-order chi connectivity index (χ0) is 15.7. The number of hydrogen-bond donors (Lipinski definition) is 1. The first-order chi connectivity index (χ1) is 9.99. The monoisotopic (exact) mass is 387 g/mol. The summed E-state index contributed by atoms with van der Waals surface area (Å²) in [6.07, 6.45) is 0.750. The highest BCUT2D eigenvalue weighted by Crippen LogP contribution is 2.32. The van der Waals surface area contributed by atoms with Crippen LogP contribution in [-0.4, -0.2) is 22.7 Å². The maximum Gasteiger partial charge on any atom is 0.305 e. The van der Waals surface area contributed by atoms with E-state index in [-0.39, 0.29) is 12.4 Å². The standard InChI is InChI=1S/C15H18BrNO2S2/c1-15(11-17,7-6-14(18)19-9-8-16)21-10-12-2-4-13(20)5-3-12/h2-5,20H,6-10H2,1H3. The maximum atomic E-state index is 11.5. The Morgan fingerprint density at radius 3 is 2.71 bits per heavy atom. The van der Waals surface area contributed by atoms with Gasteiger partial charge in [-0.05, 0) is 31.0 Å². The Morgan fingerprint density at radius 2 is 2.14 bits per heavy atom. The first-order valence-corrected chi connectivity index (χ1v) is 9.09. The minimum atomic E-state index is -0.590. The van der Waals surface area contributed by atoms with E-state index in [0.717, 1.165) is 16.2 Å². The molecule has 0 aromatic heterocycles. The minimum absolute atomic E-state index is 0.254. The van der Waals surface area contributed by atoms with Gasteiger partial charge in [-0.2, -0.15) is 5.26 Å². The molecule has 6 heteroatoms. The van der Waals surface area contributed by atoms with Gasteiger partial charge in [0.05, 0.1) is 6.07 Å². The number of thiol groups is 1. The van der Waals surface area contributed by atoms with Crippen LogP contribution in [0.3, 0.4) is 0 Å². The second-order valence-corrected chi connectivity index (χ2v) is 7.50. The number of carbonyl (C=O) groups is 1. The molecular weight excluding hydrogens is 370 g/mol. The predicted molar refractivity (Wildman–Crippen MR) is 93.0 cm³/mol. The number of alkyl halides is 1. The molecule has 0 heterocycles. The van der Waals surface area contributed by atoms with Gasteiger partial charge in [0, 0.05) is 22.4 Å². The van der Waals surface area contributed by atoms with Gasteiger partial charge in [-0.3, -0.25) is 4.79 Å². The van der Waals surface area contributed by atoms with Crippen LogP contribution in [0.15, 0.2) is 29.2 Å². The number of rotatable bonds is 8. The summed E-state index contributed by atoms with van der Waals surface area (Å²) in [7, 11) is 0. The van der Waals surface area contributed by atoms with E-state index in [2.05, 4.69) is 34.6 Å². The first kappa shape index (κ1) is 18.4. The molecule has 114 valence electrons. The second-order valence-electron chi connectivity index (χ2n) is 4.71. The molecule has 21 heavy (non-hydrogen) atoms. The summed E-state index contributed by atoms with van der Waals surface area (Å²) >= 11 is 8.99. The normalized spacial score (nSPS) is 13.2. The molecule has 0 bridgehead atoms. The highest BCUT2D eigenvalue weighted by molar-refractivity contribution is 9.09. The molecule has 0 aliphatic carbocycles. The molecule has 0 N–H and O–H groups in total. The maximum absolute atomic E-state index is 11.5. The number of hydrogen-bond acceptors (Lipinski definition) is 5. The zero-order valence-electron chi connectivity index (χ0n) is 11.8. The van der Waals surface area contributed by atoms with Gasteiger partial charge in [-0.1, -0.05) is 28.1 Å². The van der Waals surface area contributed by atoms with Gasteiger partial charge in [0.2, 0.25) is 0 Å². The number of ether oxygens (including phenoxy) is 1. The summed E-state index contributed by atoms with van der Waals surface area (Å²) in [4.78, 5) is 12.4. The molecule has 1 aromatic carbocycles. The highest BCUT2D eigenvalue weighted by Gasteiger charge is 2.25. The lowest BCUT2D eigenvalue weighted by atomic mass is 10.1. The van der Waals surface area contributed by atoms with Gasteiger partial charge in [0.1, 0.15) is 11.4 Å². The summed E-state index contributed by atoms with van der Waals surface area (Å²) in [6.45, 7) is 2.23. The van der Waals surface area contributed by atoms with Crippen molar-refractivity contribution in [2.75, 3.05) is 11.9 Å². The van der Waals surface area contributed by atoms with E-state index in [4.69, 9.17) is 4.74 Å². The minimum Gasteiger partial charge on any atom is -0.465 e. The lowest BCUT2D eigenvalue weighted by Gasteiger charge is -2.20. The van der Waals surface area contributed by atoms with Crippen molar-refractivity contribution < 1.29 is 9.53 Å². The third kappa shape index (κ3) is 7.25. The first-order valence-electron chi connectivity index (χ1n) is 6.54. The van der Waals surface area contributed by atoms with Crippen molar-refractivity contribution in [2.24, 2.45) is 0 Å². The van der Waals surface area contributed by atoms with E-state index >= 15 is 0 Å². The Morgan fingerprint density at radius 1 is 1.48 bits per heavy atom. The van der Waals surface area contributed by atoms with Crippen LogP contribution in [-0.2, 0) is 15.3 Å². The number of thioether (sulfide) groups is 1. The van der Waals surface area contributed by atoms with Crippen LogP contribution in [0.5, 0.6) is 0 Å². The molecule has 1 unspecified atom stereocenters. The lowest BCUT2D eigenvalue weighted by Crippen LogP contribution is -2.20. The molecule has 0 saturated heterocycles. The molecule has 0 amide bonds. The average Bonchev–Trinajstić information content (AvgIpc) is 2.50. The number of carbonyl (C=O) groups excluding carboxylic acids is 1. The summed E-state index contributed by atoms with van der Waals surface area (Å²) < 4.78 is 4.40. The van der Waals surface area contributed by atoms with Crippen molar-refractivity contribution in [2.45, 2.75) is 35.2 Å². The fourth-order valence-corrected chi connectivity index (χ4v) is 2.86. The van der Waals surface area contributed by atoms with Gasteiger partial charge in [-0.15, -0.1) is 24.4 Å². The Bertz CT molecular complexity index is 501. The molecule has 0 fully saturated rings. The Hall–Kier alpha value is -0.640. The average molecular weight is 388 g/mol. The van der Waals surface area contributed by atoms with Crippen molar-refractivity contribution in [1.29, 1.82) is 5.26 Å². The van der Waals surface area contributed by atoms with Gasteiger partial charge in [-0.25, -0.2) is 0 Å². The molecule has 1 aromatic rings. The lowest BCUT2D eigenvalue weighted by molar-refractivity contribution is -0.143. The van der Waals surface area contributed by atoms with Crippen LogP contribution in [0.4, 0.5) is 0 Å². The Balaban J connectivity index is 2.46. The topological polar surface area (TPSA) is 50.1 Å². The van der Waals surface area contributed by atoms with Crippen molar-refractivity contribution in [3.05, 3.63) is 29.8 Å². The molecule has 1 atom stereocenters. The second kappa shape index (κ2) is 9.39. The van der Waals surface area contributed by atoms with Crippen molar-refractivity contribution in [1.82, 2.24) is 0 Å². The van der Waals surface area contributed by atoms with E-state index in [1.165, 1.54) is 0 Å². The molecule has 0 radical (unpaired) electrons. The van der Waals surface area contributed by atoms with Gasteiger partial charge < -0.3 is 4.74 Å². The quantitative estimate of drug-likeness (QED) is 0.412. The number of esters is 1. The summed E-state index contributed by atoms with van der Waals surface area (Å²) in [6, 6.07) is 10.2. The molecule has 1 rings (SSSR count). The highest BCUT2D eigenvalue weighted by atomic mass is 79.9. The molecule has 3 nitrogen and oxygen atoms in total. The van der Waals surface area contributed by atoms with Gasteiger partial charge >= 0.3 is 5.97 Å². The fraction of sp³-hybridized carbons (Fsp3) is 0.467. The summed E-state index contributed by atoms with van der Waals surface area (Å²) in [5.74, 6) is 0.477. The van der Waals surface area contributed by atoms with Crippen molar-refractivity contribution in [3.8, 4) is 6.07 Å². The molecule has 0 spiro atoms. The summed E-state index contributed by atoms with van der Waals surface area (Å²) in [5.41, 5.74) is 1.14. The number of nitrogens with zero attached hydrogens (tertiary/aromatic N) is 1. The SMILES string of the molecule is CC(C#N)(CCC(=O)OCCBr)SCc1ccc(S)cc1. The number of benzene rings is 1. The van der Waals surface area contributed by atoms with Crippen LogP contribution in [0, 0.1) is 11.3 Å². The van der Waals surface area contributed by atoms with Crippen molar-refractivity contribution >= 4 is 46.3 Å². The molecular formula is C15H18BrNO2S2. The van der Waals surface area contributed by atoms with Gasteiger partial charge in [0.25, 0.3) is 0 Å². The van der Waals surface area contributed by atoms with Crippen LogP contribution in [0.2, 0.25) is 0 Å². The Labute approximate surface area is 144 Å². The Kier molecular flexibility index (Phi) is 8.23. The third-order valence-electron chi connectivity index (χ3n) is 2.88. The molecule has 0 aliphatic rings. The van der Waals surface area contributed by atoms with E-state index in [0.29, 0.717) is 18.4 Å². The van der Waals surface area contributed by atoms with E-state index in [1.54, 1.807) is 11.8 Å². The molecule has 0 aliphatic heterocycles. The largest absolute Gasteiger partial charge is 0.465 e. The van der Waals surface area contributed by atoms with Crippen LogP contribution >= 0.6 is 40.3 Å². The van der Waals surface area contributed by atoms with Crippen LogP contribution in [0.25, 0.3) is 0 Å². The van der Waals surface area contributed by atoms with E-state index < -0.39 is 4.75 Å². The van der Waals surface area contributed by atoms with Crippen molar-refractivity contribution in [3.63, 3.8) is 0 Å². The third-order valence-corrected chi connectivity index (χ3v) is 4.91. The van der Waals surface area contributed by atoms with Crippen LogP contribution < -0.4 is 0 Å². The smallest absolute Gasteiger partial charge is 0.305 e. The predicted octanol–water partition coefficient (Wildman–Crippen LogP) is 4.21. The number of nitriles is 1. The molecule has 0 saturated carbocycles. The summed E-state index contributed by atoms with van der Waals surface area (Å²) in [5, 5.41) is 9.98. The number of halogens is 1. The fourth-order valence-electron chi connectivity index (χ4n) is 1.56. The van der Waals surface area contributed by atoms with Crippen LogP contribution in [0.1, 0.15) is 25.3 Å². The van der Waals surface area contributed by atoms with Gasteiger partial charge in [0.15, 0.2) is 0 Å². The van der Waals surface area contributed by atoms with E-state index in [1.807, 2.05) is 31.2 Å².